The highest BCUT2D eigenvalue weighted by Crippen LogP contribution is 2.38. The highest BCUT2D eigenvalue weighted by molar-refractivity contribution is 9.10. The summed E-state index contributed by atoms with van der Waals surface area (Å²) >= 11 is 2.67. The van der Waals surface area contributed by atoms with E-state index in [0.717, 1.165) is 18.2 Å². The SMILES string of the molecule is NS(=O)(=O)C(c1ccc(F)c(Br)c1)C(F)(F)F. The quantitative estimate of drug-likeness (QED) is 0.844. The Labute approximate surface area is 103 Å². The summed E-state index contributed by atoms with van der Waals surface area (Å²) in [5, 5.41) is 1.66. The first-order chi connectivity index (χ1) is 7.53. The summed E-state index contributed by atoms with van der Waals surface area (Å²) in [4.78, 5) is 0. The molecule has 0 fully saturated rings. The fourth-order valence-corrected chi connectivity index (χ4v) is 2.54. The third-order valence-corrected chi connectivity index (χ3v) is 3.68. The molecule has 3 nitrogen and oxygen atoms in total. The van der Waals surface area contributed by atoms with Gasteiger partial charge in [-0.1, -0.05) is 6.07 Å². The minimum Gasteiger partial charge on any atom is -0.228 e. The van der Waals surface area contributed by atoms with Crippen LogP contribution in [0.5, 0.6) is 0 Å². The molecule has 96 valence electrons. The van der Waals surface area contributed by atoms with Crippen LogP contribution in [0.25, 0.3) is 0 Å². The number of alkyl halides is 3. The lowest BCUT2D eigenvalue weighted by molar-refractivity contribution is -0.131. The number of hydrogen-bond acceptors (Lipinski definition) is 2. The van der Waals surface area contributed by atoms with Gasteiger partial charge in [0, 0.05) is 0 Å². The summed E-state index contributed by atoms with van der Waals surface area (Å²) in [6, 6.07) is 2.18. The monoisotopic (exact) mass is 335 g/mol. The van der Waals surface area contributed by atoms with Gasteiger partial charge < -0.3 is 0 Å². The number of benzene rings is 1. The van der Waals surface area contributed by atoms with Crippen LogP contribution in [-0.4, -0.2) is 14.6 Å². The Hall–Kier alpha value is -0.670. The summed E-state index contributed by atoms with van der Waals surface area (Å²) in [7, 11) is -4.87. The van der Waals surface area contributed by atoms with Crippen molar-refractivity contribution in [1.82, 2.24) is 0 Å². The lowest BCUT2D eigenvalue weighted by Gasteiger charge is -2.18. The number of halogens is 5. The highest BCUT2D eigenvalue weighted by atomic mass is 79.9. The van der Waals surface area contributed by atoms with Crippen molar-refractivity contribution in [2.75, 3.05) is 0 Å². The number of sulfonamides is 1. The van der Waals surface area contributed by atoms with Crippen LogP contribution >= 0.6 is 15.9 Å². The average Bonchev–Trinajstić information content (AvgIpc) is 2.06. The van der Waals surface area contributed by atoms with Crippen LogP contribution in [0.15, 0.2) is 22.7 Å². The molecule has 1 aromatic carbocycles. The molecule has 0 spiro atoms. The molecule has 0 amide bonds. The van der Waals surface area contributed by atoms with Crippen LogP contribution in [0, 0.1) is 5.82 Å². The van der Waals surface area contributed by atoms with E-state index in [9.17, 15) is 26.0 Å². The van der Waals surface area contributed by atoms with Crippen molar-refractivity contribution < 1.29 is 26.0 Å². The van der Waals surface area contributed by atoms with Crippen LogP contribution in [0.1, 0.15) is 10.8 Å². The maximum atomic E-state index is 12.8. The molecule has 1 atom stereocenters. The molecular formula is C8H6BrF4NO2S. The smallest absolute Gasteiger partial charge is 0.228 e. The van der Waals surface area contributed by atoms with E-state index in [0.29, 0.717) is 0 Å². The van der Waals surface area contributed by atoms with Crippen molar-refractivity contribution in [3.8, 4) is 0 Å². The van der Waals surface area contributed by atoms with Gasteiger partial charge in [0.1, 0.15) is 5.82 Å². The van der Waals surface area contributed by atoms with Gasteiger partial charge in [-0.15, -0.1) is 0 Å². The lowest BCUT2D eigenvalue weighted by Crippen LogP contribution is -2.33. The van der Waals surface area contributed by atoms with Gasteiger partial charge in [-0.05, 0) is 33.6 Å². The van der Waals surface area contributed by atoms with Crippen molar-refractivity contribution in [3.63, 3.8) is 0 Å². The first-order valence-corrected chi connectivity index (χ1v) is 6.47. The Morgan fingerprint density at radius 2 is 1.82 bits per heavy atom. The van der Waals surface area contributed by atoms with Gasteiger partial charge in [0.2, 0.25) is 10.0 Å². The summed E-state index contributed by atoms with van der Waals surface area (Å²) in [5.74, 6) is -0.802. The van der Waals surface area contributed by atoms with Gasteiger partial charge in [0.25, 0.3) is 0 Å². The molecule has 0 aromatic heterocycles. The molecule has 1 unspecified atom stereocenters. The largest absolute Gasteiger partial charge is 0.410 e. The van der Waals surface area contributed by atoms with Crippen molar-refractivity contribution in [2.45, 2.75) is 11.4 Å². The molecule has 0 heterocycles. The molecule has 0 saturated heterocycles. The van der Waals surface area contributed by atoms with E-state index in [2.05, 4.69) is 21.1 Å². The molecule has 17 heavy (non-hydrogen) atoms. The van der Waals surface area contributed by atoms with Gasteiger partial charge in [-0.25, -0.2) is 17.9 Å². The minimum absolute atomic E-state index is 0.270. The van der Waals surface area contributed by atoms with Crippen LogP contribution in [0.4, 0.5) is 17.6 Å². The molecule has 0 aliphatic carbocycles. The van der Waals surface area contributed by atoms with E-state index in [4.69, 9.17) is 0 Å². The number of nitrogens with two attached hydrogens (primary N) is 1. The van der Waals surface area contributed by atoms with E-state index in [1.807, 2.05) is 0 Å². The topological polar surface area (TPSA) is 60.2 Å². The van der Waals surface area contributed by atoms with E-state index in [1.165, 1.54) is 0 Å². The van der Waals surface area contributed by atoms with Crippen LogP contribution in [0.3, 0.4) is 0 Å². The predicted molar refractivity (Wildman–Crippen MR) is 56.0 cm³/mol. The number of hydrogen-bond donors (Lipinski definition) is 1. The predicted octanol–water partition coefficient (Wildman–Crippen LogP) is 2.48. The standard InChI is InChI=1S/C8H6BrF4NO2S/c9-5-3-4(1-2-6(5)10)7(8(11,12)13)17(14,15)16/h1-3,7H,(H2,14,15,16). The Morgan fingerprint density at radius 1 is 1.29 bits per heavy atom. The Morgan fingerprint density at radius 3 is 2.18 bits per heavy atom. The molecule has 1 aromatic rings. The molecule has 0 saturated carbocycles. The van der Waals surface area contributed by atoms with Gasteiger partial charge >= 0.3 is 6.18 Å². The first-order valence-electron chi connectivity index (χ1n) is 4.07. The normalized spacial score (nSPS) is 14.7. The van der Waals surface area contributed by atoms with Crippen LogP contribution in [-0.2, 0) is 10.0 Å². The molecule has 0 radical (unpaired) electrons. The molecule has 0 bridgehead atoms. The fraction of sp³-hybridized carbons (Fsp3) is 0.250. The third kappa shape index (κ3) is 3.39. The summed E-state index contributed by atoms with van der Waals surface area (Å²) < 4.78 is 72.1. The molecule has 9 heteroatoms. The van der Waals surface area contributed by atoms with E-state index in [1.54, 1.807) is 0 Å². The molecule has 0 aliphatic rings. The van der Waals surface area contributed by atoms with E-state index >= 15 is 0 Å². The van der Waals surface area contributed by atoms with Gasteiger partial charge in [-0.3, -0.25) is 0 Å². The summed E-state index contributed by atoms with van der Waals surface area (Å²) in [6.45, 7) is 0. The van der Waals surface area contributed by atoms with E-state index in [-0.39, 0.29) is 4.47 Å². The lowest BCUT2D eigenvalue weighted by atomic mass is 10.1. The van der Waals surface area contributed by atoms with Crippen molar-refractivity contribution in [1.29, 1.82) is 0 Å². The first kappa shape index (κ1) is 14.4. The van der Waals surface area contributed by atoms with E-state index < -0.39 is 32.8 Å². The molecule has 0 aliphatic heterocycles. The average molecular weight is 336 g/mol. The Bertz CT molecular complexity index is 529. The second-order valence-electron chi connectivity index (χ2n) is 3.18. The Kier molecular flexibility index (Phi) is 3.84. The van der Waals surface area contributed by atoms with Crippen LogP contribution in [0.2, 0.25) is 0 Å². The zero-order valence-corrected chi connectivity index (χ0v) is 10.4. The van der Waals surface area contributed by atoms with Crippen molar-refractivity contribution >= 4 is 26.0 Å². The fourth-order valence-electron chi connectivity index (χ4n) is 1.24. The maximum Gasteiger partial charge on any atom is 0.410 e. The molecular weight excluding hydrogens is 330 g/mol. The maximum absolute atomic E-state index is 12.8. The zero-order chi connectivity index (χ0) is 13.4. The molecule has 2 N–H and O–H groups in total. The minimum atomic E-state index is -5.06. The van der Waals surface area contributed by atoms with Gasteiger partial charge in [0.05, 0.1) is 4.47 Å². The second kappa shape index (κ2) is 4.54. The van der Waals surface area contributed by atoms with Crippen molar-refractivity contribution in [2.24, 2.45) is 5.14 Å². The second-order valence-corrected chi connectivity index (χ2v) is 5.69. The highest BCUT2D eigenvalue weighted by Gasteiger charge is 2.48. The number of primary sulfonamides is 1. The Balaban J connectivity index is 3.39. The molecule has 1 rings (SSSR count). The van der Waals surface area contributed by atoms with Crippen molar-refractivity contribution in [3.05, 3.63) is 34.1 Å². The van der Waals surface area contributed by atoms with Crippen LogP contribution < -0.4 is 5.14 Å². The zero-order valence-electron chi connectivity index (χ0n) is 8.00. The summed E-state index contributed by atoms with van der Waals surface area (Å²) in [6.07, 6.45) is -5.06. The summed E-state index contributed by atoms with van der Waals surface area (Å²) in [5.41, 5.74) is -0.645. The third-order valence-electron chi connectivity index (χ3n) is 1.87. The number of rotatable bonds is 2. The van der Waals surface area contributed by atoms with Gasteiger partial charge in [0.15, 0.2) is 5.25 Å². The van der Waals surface area contributed by atoms with Gasteiger partial charge in [-0.2, -0.15) is 13.2 Å².